The Bertz CT molecular complexity index is 2950. The molecule has 11 rings (SSSR count). The van der Waals surface area contributed by atoms with Gasteiger partial charge in [0, 0.05) is 10.9 Å². The summed E-state index contributed by atoms with van der Waals surface area (Å²) in [6, 6.07) is 56.3. The fraction of sp³-hybridized carbons (Fsp3) is 0.0769. The summed E-state index contributed by atoms with van der Waals surface area (Å²) >= 11 is 0. The standard InChI is InChI=1S/C52H36O/c1-4-13-37(32(3)34-25-27-47-42(28-34)39-20-11-16-33-17-12-23-48(53-47)50(33)39)49-31(2)24-26-45-51(49)40-19-8-10-22-44(40)52(45)43-21-9-7-18-38(43)41-29-35-14-5-6-15-36(35)30-46(41)52/h4-30H,1-3H3/b13-4-,37-32-. The molecule has 0 saturated heterocycles. The molecule has 8 aromatic carbocycles. The van der Waals surface area contributed by atoms with E-state index in [9.17, 15) is 0 Å². The summed E-state index contributed by atoms with van der Waals surface area (Å²) in [6.45, 7) is 6.70. The Balaban J connectivity index is 1.19. The summed E-state index contributed by atoms with van der Waals surface area (Å²) < 4.78 is 6.50. The molecule has 1 unspecified atom stereocenters. The number of aryl methyl sites for hydroxylation is 1. The van der Waals surface area contributed by atoms with E-state index >= 15 is 0 Å². The van der Waals surface area contributed by atoms with E-state index in [1.165, 1.54) is 99.5 Å². The lowest BCUT2D eigenvalue weighted by molar-refractivity contribution is 0.487. The number of hydrogen-bond acceptors (Lipinski definition) is 1. The molecule has 53 heavy (non-hydrogen) atoms. The summed E-state index contributed by atoms with van der Waals surface area (Å²) in [5.74, 6) is 1.82. The quantitative estimate of drug-likeness (QED) is 0.134. The number of benzene rings is 8. The zero-order valence-corrected chi connectivity index (χ0v) is 30.0. The minimum Gasteiger partial charge on any atom is -0.456 e. The average Bonchev–Trinajstić information content (AvgIpc) is 3.66. The van der Waals surface area contributed by atoms with Crippen molar-refractivity contribution in [3.63, 3.8) is 0 Å². The molecule has 8 aromatic rings. The lowest BCUT2D eigenvalue weighted by Crippen LogP contribution is -2.26. The van der Waals surface area contributed by atoms with Gasteiger partial charge in [-0.25, -0.2) is 0 Å². The molecule has 0 amide bonds. The highest BCUT2D eigenvalue weighted by Gasteiger charge is 2.52. The Morgan fingerprint density at radius 1 is 0.528 bits per heavy atom. The molecule has 1 nitrogen and oxygen atoms in total. The average molecular weight is 677 g/mol. The first kappa shape index (κ1) is 30.2. The number of hydrogen-bond donors (Lipinski definition) is 0. The first-order valence-electron chi connectivity index (χ1n) is 18.6. The highest BCUT2D eigenvalue weighted by atomic mass is 16.5. The van der Waals surface area contributed by atoms with Crippen molar-refractivity contribution in [2.24, 2.45) is 0 Å². The van der Waals surface area contributed by atoms with Crippen LogP contribution in [-0.2, 0) is 5.41 Å². The molecule has 3 aliphatic rings. The van der Waals surface area contributed by atoms with Crippen molar-refractivity contribution in [2.45, 2.75) is 26.2 Å². The molecule has 0 N–H and O–H groups in total. The Morgan fingerprint density at radius 3 is 2.02 bits per heavy atom. The Labute approximate surface area is 310 Å². The third kappa shape index (κ3) is 3.97. The van der Waals surface area contributed by atoms with E-state index in [2.05, 4.69) is 185 Å². The molecule has 2 aliphatic carbocycles. The highest BCUT2D eigenvalue weighted by molar-refractivity contribution is 6.08. The molecule has 0 radical (unpaired) electrons. The number of fused-ring (bicyclic) bond motifs is 13. The lowest BCUT2D eigenvalue weighted by atomic mass is 9.70. The monoisotopic (exact) mass is 676 g/mol. The minimum atomic E-state index is -0.422. The molecule has 0 fully saturated rings. The van der Waals surface area contributed by atoms with Gasteiger partial charge in [0.25, 0.3) is 0 Å². The van der Waals surface area contributed by atoms with Gasteiger partial charge in [0.1, 0.15) is 11.5 Å². The Morgan fingerprint density at radius 2 is 1.21 bits per heavy atom. The fourth-order valence-corrected chi connectivity index (χ4v) is 9.88. The zero-order chi connectivity index (χ0) is 35.4. The smallest absolute Gasteiger partial charge is 0.135 e. The topological polar surface area (TPSA) is 9.23 Å². The maximum absolute atomic E-state index is 6.50. The molecule has 1 atom stereocenters. The third-order valence-corrected chi connectivity index (χ3v) is 12.1. The van der Waals surface area contributed by atoms with Crippen LogP contribution in [0, 0.1) is 6.92 Å². The first-order valence-corrected chi connectivity index (χ1v) is 18.6. The molecule has 0 aromatic heterocycles. The van der Waals surface area contributed by atoms with Gasteiger partial charge in [-0.3, -0.25) is 0 Å². The van der Waals surface area contributed by atoms with Crippen molar-refractivity contribution in [1.82, 2.24) is 0 Å². The van der Waals surface area contributed by atoms with E-state index in [1.54, 1.807) is 0 Å². The minimum absolute atomic E-state index is 0.422. The van der Waals surface area contributed by atoms with Crippen molar-refractivity contribution >= 4 is 32.7 Å². The van der Waals surface area contributed by atoms with Gasteiger partial charge in [-0.15, -0.1) is 0 Å². The highest BCUT2D eigenvalue weighted by Crippen LogP contribution is 2.64. The largest absolute Gasteiger partial charge is 0.456 e. The van der Waals surface area contributed by atoms with Crippen molar-refractivity contribution < 1.29 is 4.74 Å². The number of rotatable bonds is 3. The molecule has 1 heterocycles. The molecule has 1 aliphatic heterocycles. The summed E-state index contributed by atoms with van der Waals surface area (Å²) in [5.41, 5.74) is 18.9. The molecule has 0 bridgehead atoms. The zero-order valence-electron chi connectivity index (χ0n) is 30.0. The van der Waals surface area contributed by atoms with Gasteiger partial charge in [-0.2, -0.15) is 0 Å². The van der Waals surface area contributed by atoms with E-state index in [-0.39, 0.29) is 0 Å². The van der Waals surface area contributed by atoms with Gasteiger partial charge in [-0.1, -0.05) is 133 Å². The van der Waals surface area contributed by atoms with Gasteiger partial charge in [0.05, 0.1) is 5.41 Å². The van der Waals surface area contributed by atoms with Crippen LogP contribution >= 0.6 is 0 Å². The van der Waals surface area contributed by atoms with Crippen LogP contribution in [0.5, 0.6) is 11.5 Å². The Hall–Kier alpha value is -6.44. The van der Waals surface area contributed by atoms with E-state index in [1.807, 2.05) is 0 Å². The van der Waals surface area contributed by atoms with E-state index in [0.29, 0.717) is 0 Å². The normalized spacial score (nSPS) is 16.3. The van der Waals surface area contributed by atoms with Gasteiger partial charge in [0.2, 0.25) is 0 Å². The SMILES string of the molecule is C/C=C\C(=C(/C)c1ccc2c(c1)-c1cccc3cccc(c13)O2)c1c(C)ccc2c1-c1ccccc1C21c2ccccc2-c2cc3ccccc3cc21. The second-order valence-electron chi connectivity index (χ2n) is 14.8. The van der Waals surface area contributed by atoms with Gasteiger partial charge in [-0.05, 0) is 145 Å². The van der Waals surface area contributed by atoms with E-state index in [0.717, 1.165) is 17.1 Å². The lowest BCUT2D eigenvalue weighted by Gasteiger charge is -2.31. The van der Waals surface area contributed by atoms with Crippen LogP contribution in [0.25, 0.3) is 66.1 Å². The summed E-state index contributed by atoms with van der Waals surface area (Å²) in [6.07, 6.45) is 4.51. The maximum Gasteiger partial charge on any atom is 0.135 e. The van der Waals surface area contributed by atoms with Gasteiger partial charge < -0.3 is 4.74 Å². The van der Waals surface area contributed by atoms with Crippen molar-refractivity contribution in [1.29, 1.82) is 0 Å². The van der Waals surface area contributed by atoms with Crippen LogP contribution < -0.4 is 4.74 Å². The summed E-state index contributed by atoms with van der Waals surface area (Å²) in [4.78, 5) is 0. The van der Waals surface area contributed by atoms with Crippen LogP contribution in [0.2, 0.25) is 0 Å². The Kier molecular flexibility index (Phi) is 6.29. The van der Waals surface area contributed by atoms with Gasteiger partial charge >= 0.3 is 0 Å². The predicted molar refractivity (Wildman–Crippen MR) is 222 cm³/mol. The number of allylic oxidation sites excluding steroid dienone is 4. The van der Waals surface area contributed by atoms with Crippen molar-refractivity contribution in [2.75, 3.05) is 0 Å². The maximum atomic E-state index is 6.50. The summed E-state index contributed by atoms with van der Waals surface area (Å²) in [5, 5.41) is 4.93. The predicted octanol–water partition coefficient (Wildman–Crippen LogP) is 13.9. The molecule has 0 saturated carbocycles. The van der Waals surface area contributed by atoms with Crippen molar-refractivity contribution in [3.8, 4) is 44.9 Å². The molecule has 1 heteroatoms. The molecular formula is C52H36O. The third-order valence-electron chi connectivity index (χ3n) is 12.1. The van der Waals surface area contributed by atoms with E-state index < -0.39 is 5.41 Å². The first-order chi connectivity index (χ1) is 26.1. The number of ether oxygens (including phenoxy) is 1. The summed E-state index contributed by atoms with van der Waals surface area (Å²) in [7, 11) is 0. The van der Waals surface area contributed by atoms with Crippen LogP contribution in [0.1, 0.15) is 52.8 Å². The van der Waals surface area contributed by atoms with Gasteiger partial charge in [0.15, 0.2) is 0 Å². The van der Waals surface area contributed by atoms with E-state index in [4.69, 9.17) is 4.74 Å². The van der Waals surface area contributed by atoms with Crippen LogP contribution in [0.3, 0.4) is 0 Å². The second-order valence-corrected chi connectivity index (χ2v) is 14.8. The van der Waals surface area contributed by atoms with Crippen molar-refractivity contribution in [3.05, 3.63) is 203 Å². The van der Waals surface area contributed by atoms with Crippen LogP contribution in [0.4, 0.5) is 0 Å². The molecule has 1 spiro atoms. The fourth-order valence-electron chi connectivity index (χ4n) is 9.88. The second kappa shape index (κ2) is 11.0. The van der Waals surface area contributed by atoms with Crippen LogP contribution in [-0.4, -0.2) is 0 Å². The van der Waals surface area contributed by atoms with Crippen LogP contribution in [0.15, 0.2) is 164 Å². The molecular weight excluding hydrogens is 641 g/mol. The molecule has 250 valence electrons.